The Bertz CT molecular complexity index is 227. The van der Waals surface area contributed by atoms with Gasteiger partial charge in [0.1, 0.15) is 0 Å². The van der Waals surface area contributed by atoms with Gasteiger partial charge < -0.3 is 15.2 Å². The molecule has 0 bridgehead atoms. The third-order valence-electron chi connectivity index (χ3n) is 4.13. The van der Waals surface area contributed by atoms with Crippen molar-refractivity contribution in [3.63, 3.8) is 0 Å². The van der Waals surface area contributed by atoms with Crippen LogP contribution in [0.1, 0.15) is 32.6 Å². The first-order valence-corrected chi connectivity index (χ1v) is 6.95. The number of hydrogen-bond acceptors (Lipinski definition) is 4. The van der Waals surface area contributed by atoms with E-state index in [9.17, 15) is 0 Å². The quantitative estimate of drug-likeness (QED) is 0.799. The maximum absolute atomic E-state index is 6.03. The van der Waals surface area contributed by atoms with E-state index >= 15 is 0 Å². The summed E-state index contributed by atoms with van der Waals surface area (Å²) in [4.78, 5) is 2.52. The number of nitrogens with two attached hydrogens (primary N) is 1. The Balaban J connectivity index is 1.98. The van der Waals surface area contributed by atoms with Crippen molar-refractivity contribution < 1.29 is 9.47 Å². The van der Waals surface area contributed by atoms with Gasteiger partial charge in [-0.15, -0.1) is 0 Å². The highest BCUT2D eigenvalue weighted by Crippen LogP contribution is 2.29. The van der Waals surface area contributed by atoms with Gasteiger partial charge >= 0.3 is 0 Å². The van der Waals surface area contributed by atoms with E-state index < -0.39 is 0 Å². The summed E-state index contributed by atoms with van der Waals surface area (Å²) >= 11 is 0. The predicted molar refractivity (Wildman–Crippen MR) is 68.1 cm³/mol. The van der Waals surface area contributed by atoms with E-state index in [1.165, 1.54) is 19.3 Å². The molecule has 0 aliphatic carbocycles. The predicted octanol–water partition coefficient (Wildman–Crippen LogP) is 0.995. The van der Waals surface area contributed by atoms with Crippen molar-refractivity contribution in [2.45, 2.75) is 44.2 Å². The van der Waals surface area contributed by atoms with Crippen LogP contribution in [-0.4, -0.2) is 56.0 Å². The molecular formula is C13H26N2O2. The second kappa shape index (κ2) is 6.14. The second-order valence-corrected chi connectivity index (χ2v) is 5.25. The van der Waals surface area contributed by atoms with Crippen molar-refractivity contribution in [3.8, 4) is 0 Å². The Morgan fingerprint density at radius 1 is 1.47 bits per heavy atom. The third kappa shape index (κ3) is 2.99. The van der Waals surface area contributed by atoms with Crippen LogP contribution in [0.4, 0.5) is 0 Å². The molecule has 0 saturated carbocycles. The molecular weight excluding hydrogens is 216 g/mol. The van der Waals surface area contributed by atoms with E-state index in [1.807, 2.05) is 0 Å². The molecule has 100 valence electrons. The topological polar surface area (TPSA) is 47.7 Å². The maximum atomic E-state index is 6.03. The van der Waals surface area contributed by atoms with Gasteiger partial charge in [0.15, 0.2) is 0 Å². The first kappa shape index (κ1) is 13.3. The fourth-order valence-electron chi connectivity index (χ4n) is 3.12. The monoisotopic (exact) mass is 242 g/mol. The standard InChI is InChI=1S/C13H26N2O2/c1-2-17-12-5-3-7-15(9-12)13(10-14)6-4-8-16-11-13/h12H,2-11,14H2,1H3. The number of likely N-dealkylation sites (tertiary alicyclic amines) is 1. The minimum absolute atomic E-state index is 0.0774. The molecule has 2 N–H and O–H groups in total. The molecule has 0 aromatic rings. The van der Waals surface area contributed by atoms with E-state index in [-0.39, 0.29) is 5.54 Å². The SMILES string of the molecule is CCOC1CCCN(C2(CN)CCCOC2)C1. The van der Waals surface area contributed by atoms with Crippen molar-refractivity contribution in [3.05, 3.63) is 0 Å². The zero-order valence-corrected chi connectivity index (χ0v) is 11.0. The molecule has 2 rings (SSSR count). The number of piperidine rings is 1. The Hall–Kier alpha value is -0.160. The van der Waals surface area contributed by atoms with Gasteiger partial charge in [0.05, 0.1) is 18.2 Å². The van der Waals surface area contributed by atoms with Gasteiger partial charge in [0, 0.05) is 26.3 Å². The summed E-state index contributed by atoms with van der Waals surface area (Å²) in [6, 6.07) is 0. The second-order valence-electron chi connectivity index (χ2n) is 5.25. The fraction of sp³-hybridized carbons (Fsp3) is 1.00. The Morgan fingerprint density at radius 3 is 3.00 bits per heavy atom. The summed E-state index contributed by atoms with van der Waals surface area (Å²) in [5.41, 5.74) is 6.10. The van der Waals surface area contributed by atoms with E-state index in [4.69, 9.17) is 15.2 Å². The van der Waals surface area contributed by atoms with Crippen LogP contribution in [0.25, 0.3) is 0 Å². The van der Waals surface area contributed by atoms with Crippen molar-refractivity contribution >= 4 is 0 Å². The highest BCUT2D eigenvalue weighted by atomic mass is 16.5. The average molecular weight is 242 g/mol. The van der Waals surface area contributed by atoms with Crippen LogP contribution in [-0.2, 0) is 9.47 Å². The molecule has 2 unspecified atom stereocenters. The molecule has 4 nitrogen and oxygen atoms in total. The molecule has 2 fully saturated rings. The Kier molecular flexibility index (Phi) is 4.79. The smallest absolute Gasteiger partial charge is 0.0702 e. The molecule has 2 aliphatic rings. The zero-order valence-electron chi connectivity index (χ0n) is 11.0. The summed E-state index contributed by atoms with van der Waals surface area (Å²) in [5, 5.41) is 0. The zero-order chi connectivity index (χ0) is 12.1. The van der Waals surface area contributed by atoms with Crippen LogP contribution in [0.15, 0.2) is 0 Å². The Labute approximate surface area is 104 Å². The summed E-state index contributed by atoms with van der Waals surface area (Å²) in [6.07, 6.45) is 5.09. The van der Waals surface area contributed by atoms with Crippen LogP contribution in [0.2, 0.25) is 0 Å². The number of nitrogens with zero attached hydrogens (tertiary/aromatic N) is 1. The number of rotatable bonds is 4. The van der Waals surface area contributed by atoms with Crippen LogP contribution in [0, 0.1) is 0 Å². The van der Waals surface area contributed by atoms with Crippen LogP contribution >= 0.6 is 0 Å². The molecule has 0 amide bonds. The lowest BCUT2D eigenvalue weighted by molar-refractivity contribution is -0.0839. The van der Waals surface area contributed by atoms with E-state index in [0.717, 1.165) is 39.3 Å². The summed E-state index contributed by atoms with van der Waals surface area (Å²) in [7, 11) is 0. The van der Waals surface area contributed by atoms with E-state index in [2.05, 4.69) is 11.8 Å². The lowest BCUT2D eigenvalue weighted by Crippen LogP contribution is -2.62. The van der Waals surface area contributed by atoms with Crippen LogP contribution < -0.4 is 5.73 Å². The minimum Gasteiger partial charge on any atom is -0.379 e. The molecule has 2 aliphatic heterocycles. The van der Waals surface area contributed by atoms with Crippen LogP contribution in [0.3, 0.4) is 0 Å². The molecule has 4 heteroatoms. The lowest BCUT2D eigenvalue weighted by Gasteiger charge is -2.48. The van der Waals surface area contributed by atoms with E-state index in [1.54, 1.807) is 0 Å². The van der Waals surface area contributed by atoms with Gasteiger partial charge in [0.2, 0.25) is 0 Å². The van der Waals surface area contributed by atoms with Gasteiger partial charge in [-0.1, -0.05) is 0 Å². The molecule has 17 heavy (non-hydrogen) atoms. The normalized spacial score (nSPS) is 36.0. The van der Waals surface area contributed by atoms with Crippen LogP contribution in [0.5, 0.6) is 0 Å². The molecule has 0 aromatic heterocycles. The largest absolute Gasteiger partial charge is 0.379 e. The van der Waals surface area contributed by atoms with Gasteiger partial charge in [-0.2, -0.15) is 0 Å². The number of hydrogen-bond donors (Lipinski definition) is 1. The van der Waals surface area contributed by atoms with Gasteiger partial charge in [0.25, 0.3) is 0 Å². The first-order valence-electron chi connectivity index (χ1n) is 6.95. The Morgan fingerprint density at radius 2 is 2.35 bits per heavy atom. The van der Waals surface area contributed by atoms with E-state index in [0.29, 0.717) is 12.6 Å². The minimum atomic E-state index is 0.0774. The highest BCUT2D eigenvalue weighted by molar-refractivity contribution is 4.96. The molecule has 2 heterocycles. The molecule has 2 atom stereocenters. The summed E-state index contributed by atoms with van der Waals surface area (Å²) in [6.45, 7) is 7.43. The summed E-state index contributed by atoms with van der Waals surface area (Å²) < 4.78 is 11.4. The molecule has 0 radical (unpaired) electrons. The van der Waals surface area contributed by atoms with Gasteiger partial charge in [-0.25, -0.2) is 0 Å². The first-order chi connectivity index (χ1) is 8.30. The number of ether oxygens (including phenoxy) is 2. The summed E-state index contributed by atoms with van der Waals surface area (Å²) in [5.74, 6) is 0. The lowest BCUT2D eigenvalue weighted by atomic mass is 9.88. The molecule has 2 saturated heterocycles. The third-order valence-corrected chi connectivity index (χ3v) is 4.13. The average Bonchev–Trinajstić information content (AvgIpc) is 2.40. The highest BCUT2D eigenvalue weighted by Gasteiger charge is 2.39. The molecule has 0 spiro atoms. The maximum Gasteiger partial charge on any atom is 0.0702 e. The van der Waals surface area contributed by atoms with Crippen molar-refractivity contribution in [2.24, 2.45) is 5.73 Å². The van der Waals surface area contributed by atoms with Crippen molar-refractivity contribution in [1.82, 2.24) is 4.90 Å². The van der Waals surface area contributed by atoms with Crippen molar-refractivity contribution in [2.75, 3.05) is 39.5 Å². The molecule has 0 aromatic carbocycles. The van der Waals surface area contributed by atoms with Crippen molar-refractivity contribution in [1.29, 1.82) is 0 Å². The fourth-order valence-corrected chi connectivity index (χ4v) is 3.12. The van der Waals surface area contributed by atoms with Gasteiger partial charge in [-0.05, 0) is 39.2 Å². The van der Waals surface area contributed by atoms with Gasteiger partial charge in [-0.3, -0.25) is 4.90 Å².